The predicted molar refractivity (Wildman–Crippen MR) is 94.2 cm³/mol. The molecule has 0 spiro atoms. The van der Waals surface area contributed by atoms with Gasteiger partial charge in [0.05, 0.1) is 4.92 Å². The number of amides is 2. The molecule has 1 aromatic rings. The van der Waals surface area contributed by atoms with Gasteiger partial charge < -0.3 is 10.2 Å². The molecule has 0 aliphatic carbocycles. The minimum absolute atomic E-state index is 0.0117. The Bertz CT molecular complexity index is 609. The standard InChI is InChI=1S/C17H24N4O3/c1-14(2)8-11-19-9-3-10-20(13-12-19)17(22)18-15-4-6-16(7-5-15)21(23)24/h4-8H,3,9-13H2,1-2H3,(H,18,22). The third-order valence-corrected chi connectivity index (χ3v) is 3.96. The Hall–Kier alpha value is -2.41. The molecule has 0 aromatic heterocycles. The highest BCUT2D eigenvalue weighted by Crippen LogP contribution is 2.16. The normalized spacial score (nSPS) is 15.5. The lowest BCUT2D eigenvalue weighted by Crippen LogP contribution is -2.38. The average molecular weight is 332 g/mol. The van der Waals surface area contributed by atoms with Crippen molar-refractivity contribution in [3.05, 3.63) is 46.0 Å². The summed E-state index contributed by atoms with van der Waals surface area (Å²) in [7, 11) is 0. The van der Waals surface area contributed by atoms with Gasteiger partial charge in [0, 0.05) is 50.5 Å². The number of non-ortho nitro benzene ring substituents is 1. The van der Waals surface area contributed by atoms with Crippen molar-refractivity contribution in [2.24, 2.45) is 0 Å². The summed E-state index contributed by atoms with van der Waals surface area (Å²) < 4.78 is 0. The van der Waals surface area contributed by atoms with Crippen LogP contribution in [0.4, 0.5) is 16.2 Å². The number of nitro groups is 1. The fraction of sp³-hybridized carbons (Fsp3) is 0.471. The lowest BCUT2D eigenvalue weighted by molar-refractivity contribution is -0.384. The number of nitro benzene ring substituents is 1. The summed E-state index contributed by atoms with van der Waals surface area (Å²) in [6.07, 6.45) is 3.14. The summed E-state index contributed by atoms with van der Waals surface area (Å²) in [5.74, 6) is 0. The molecule has 0 bridgehead atoms. The Morgan fingerprint density at radius 1 is 1.21 bits per heavy atom. The van der Waals surface area contributed by atoms with Crippen LogP contribution in [0.3, 0.4) is 0 Å². The van der Waals surface area contributed by atoms with Gasteiger partial charge in [-0.3, -0.25) is 15.0 Å². The molecule has 1 aliphatic heterocycles. The number of hydrogen-bond donors (Lipinski definition) is 1. The first-order valence-corrected chi connectivity index (χ1v) is 8.12. The van der Waals surface area contributed by atoms with Crippen LogP contribution in [0.5, 0.6) is 0 Å². The van der Waals surface area contributed by atoms with Crippen molar-refractivity contribution in [3.63, 3.8) is 0 Å². The summed E-state index contributed by atoms with van der Waals surface area (Å²) in [5, 5.41) is 13.5. The highest BCUT2D eigenvalue weighted by Gasteiger charge is 2.18. The second-order valence-corrected chi connectivity index (χ2v) is 6.16. The van der Waals surface area contributed by atoms with Crippen LogP contribution >= 0.6 is 0 Å². The van der Waals surface area contributed by atoms with E-state index >= 15 is 0 Å². The molecule has 1 N–H and O–H groups in total. The van der Waals surface area contributed by atoms with Gasteiger partial charge in [0.1, 0.15) is 0 Å². The summed E-state index contributed by atoms with van der Waals surface area (Å²) in [5.41, 5.74) is 1.88. The molecule has 1 fully saturated rings. The van der Waals surface area contributed by atoms with Crippen LogP contribution in [0, 0.1) is 10.1 Å². The van der Waals surface area contributed by atoms with Crippen molar-refractivity contribution in [2.75, 3.05) is 38.0 Å². The van der Waals surface area contributed by atoms with E-state index < -0.39 is 4.92 Å². The molecule has 24 heavy (non-hydrogen) atoms. The molecule has 130 valence electrons. The van der Waals surface area contributed by atoms with Crippen LogP contribution in [-0.2, 0) is 0 Å². The maximum absolute atomic E-state index is 12.4. The summed E-state index contributed by atoms with van der Waals surface area (Å²) in [6.45, 7) is 8.30. The summed E-state index contributed by atoms with van der Waals surface area (Å²) >= 11 is 0. The van der Waals surface area contributed by atoms with Crippen LogP contribution < -0.4 is 5.32 Å². The van der Waals surface area contributed by atoms with Gasteiger partial charge in [0.25, 0.3) is 5.69 Å². The first-order valence-electron chi connectivity index (χ1n) is 8.12. The van der Waals surface area contributed by atoms with E-state index in [-0.39, 0.29) is 11.7 Å². The predicted octanol–water partition coefficient (Wildman–Crippen LogP) is 3.10. The number of hydrogen-bond acceptors (Lipinski definition) is 4. The molecule has 1 aromatic carbocycles. The van der Waals surface area contributed by atoms with Crippen molar-refractivity contribution in [2.45, 2.75) is 20.3 Å². The maximum Gasteiger partial charge on any atom is 0.321 e. The maximum atomic E-state index is 12.4. The average Bonchev–Trinajstić information content (AvgIpc) is 2.79. The van der Waals surface area contributed by atoms with Crippen LogP contribution in [0.2, 0.25) is 0 Å². The Kier molecular flexibility index (Phi) is 6.31. The van der Waals surface area contributed by atoms with Gasteiger partial charge in [-0.25, -0.2) is 4.79 Å². The third-order valence-electron chi connectivity index (χ3n) is 3.96. The van der Waals surface area contributed by atoms with Gasteiger partial charge in [-0.05, 0) is 32.4 Å². The minimum Gasteiger partial charge on any atom is -0.323 e. The minimum atomic E-state index is -0.457. The smallest absolute Gasteiger partial charge is 0.321 e. The zero-order valence-electron chi connectivity index (χ0n) is 14.2. The van der Waals surface area contributed by atoms with Crippen molar-refractivity contribution < 1.29 is 9.72 Å². The highest BCUT2D eigenvalue weighted by molar-refractivity contribution is 5.89. The van der Waals surface area contributed by atoms with Crippen molar-refractivity contribution in [1.29, 1.82) is 0 Å². The molecule has 1 aliphatic rings. The van der Waals surface area contributed by atoms with Crippen LogP contribution in [-0.4, -0.2) is 53.5 Å². The molecule has 0 saturated carbocycles. The molecule has 2 amide bonds. The molecular weight excluding hydrogens is 308 g/mol. The van der Waals surface area contributed by atoms with E-state index in [0.717, 1.165) is 26.1 Å². The molecule has 1 heterocycles. The third kappa shape index (κ3) is 5.34. The van der Waals surface area contributed by atoms with Gasteiger partial charge in [0.15, 0.2) is 0 Å². The van der Waals surface area contributed by atoms with E-state index in [1.807, 2.05) is 0 Å². The van der Waals surface area contributed by atoms with Crippen molar-refractivity contribution in [3.8, 4) is 0 Å². The lowest BCUT2D eigenvalue weighted by atomic mass is 10.3. The largest absolute Gasteiger partial charge is 0.323 e. The molecule has 2 rings (SSSR count). The second-order valence-electron chi connectivity index (χ2n) is 6.16. The first kappa shape index (κ1) is 17.9. The number of anilines is 1. The molecule has 0 radical (unpaired) electrons. The lowest BCUT2D eigenvalue weighted by Gasteiger charge is -2.21. The number of carbonyl (C=O) groups is 1. The number of nitrogens with one attached hydrogen (secondary N) is 1. The van der Waals surface area contributed by atoms with Crippen molar-refractivity contribution in [1.82, 2.24) is 9.80 Å². The van der Waals surface area contributed by atoms with Gasteiger partial charge in [-0.15, -0.1) is 0 Å². The van der Waals surface area contributed by atoms with E-state index in [0.29, 0.717) is 18.8 Å². The van der Waals surface area contributed by atoms with Gasteiger partial charge in [-0.1, -0.05) is 11.6 Å². The van der Waals surface area contributed by atoms with E-state index in [4.69, 9.17) is 0 Å². The SMILES string of the molecule is CC(C)=CCN1CCCN(C(=O)Nc2ccc([N+](=O)[O-])cc2)CC1. The second kappa shape index (κ2) is 8.44. The van der Waals surface area contributed by atoms with Crippen LogP contribution in [0.1, 0.15) is 20.3 Å². The molecule has 0 atom stereocenters. The topological polar surface area (TPSA) is 78.7 Å². The monoisotopic (exact) mass is 332 g/mol. The van der Waals surface area contributed by atoms with E-state index in [1.165, 1.54) is 17.7 Å². The van der Waals surface area contributed by atoms with Crippen LogP contribution in [0.15, 0.2) is 35.9 Å². The Morgan fingerprint density at radius 2 is 1.92 bits per heavy atom. The Labute approximate surface area is 142 Å². The zero-order valence-corrected chi connectivity index (χ0v) is 14.2. The van der Waals surface area contributed by atoms with E-state index in [9.17, 15) is 14.9 Å². The van der Waals surface area contributed by atoms with E-state index in [1.54, 1.807) is 17.0 Å². The fourth-order valence-electron chi connectivity index (χ4n) is 2.54. The van der Waals surface area contributed by atoms with Gasteiger partial charge in [-0.2, -0.15) is 0 Å². The first-order chi connectivity index (χ1) is 11.5. The quantitative estimate of drug-likeness (QED) is 0.522. The van der Waals surface area contributed by atoms with Gasteiger partial charge >= 0.3 is 6.03 Å². The van der Waals surface area contributed by atoms with Crippen LogP contribution in [0.25, 0.3) is 0 Å². The molecule has 7 heteroatoms. The number of nitrogens with zero attached hydrogens (tertiary/aromatic N) is 3. The van der Waals surface area contributed by atoms with Crippen molar-refractivity contribution >= 4 is 17.4 Å². The molecular formula is C17H24N4O3. The summed E-state index contributed by atoms with van der Waals surface area (Å²) in [4.78, 5) is 26.7. The van der Waals surface area contributed by atoms with Gasteiger partial charge in [0.2, 0.25) is 0 Å². The zero-order chi connectivity index (χ0) is 17.5. The Balaban J connectivity index is 1.88. The molecule has 0 unspecified atom stereocenters. The molecule has 1 saturated heterocycles. The highest BCUT2D eigenvalue weighted by atomic mass is 16.6. The number of rotatable bonds is 4. The number of allylic oxidation sites excluding steroid dienone is 1. The number of urea groups is 1. The Morgan fingerprint density at radius 3 is 2.54 bits per heavy atom. The fourth-order valence-corrected chi connectivity index (χ4v) is 2.54. The molecule has 7 nitrogen and oxygen atoms in total. The number of benzene rings is 1. The van der Waals surface area contributed by atoms with E-state index in [2.05, 4.69) is 30.1 Å². The summed E-state index contributed by atoms with van der Waals surface area (Å²) in [6, 6.07) is 5.72. The number of carbonyl (C=O) groups excluding carboxylic acids is 1.